The summed E-state index contributed by atoms with van der Waals surface area (Å²) in [6, 6.07) is 9.66. The molecule has 0 N–H and O–H groups in total. The van der Waals surface area contributed by atoms with E-state index in [1.165, 1.54) is 28.6 Å². The molecule has 8 heteroatoms. The van der Waals surface area contributed by atoms with E-state index in [-0.39, 0.29) is 11.5 Å². The smallest absolute Gasteiger partial charge is 0.267 e. The van der Waals surface area contributed by atoms with Crippen molar-refractivity contribution in [3.8, 4) is 5.69 Å². The number of thioether (sulfide) groups is 1. The molecule has 0 atom stereocenters. The molecule has 2 aromatic heterocycles. The highest BCUT2D eigenvalue weighted by Gasteiger charge is 2.24. The number of nitrogens with zero attached hydrogens (tertiary/aromatic N) is 4. The Morgan fingerprint density at radius 2 is 1.84 bits per heavy atom. The number of para-hydroxylation sites is 1. The van der Waals surface area contributed by atoms with E-state index < -0.39 is 0 Å². The molecule has 1 fully saturated rings. The van der Waals surface area contributed by atoms with E-state index in [1.807, 2.05) is 35.2 Å². The number of aromatic nitrogens is 2. The fourth-order valence-electron chi connectivity index (χ4n) is 4.36. The van der Waals surface area contributed by atoms with E-state index in [4.69, 9.17) is 4.98 Å². The van der Waals surface area contributed by atoms with Gasteiger partial charge in [-0.3, -0.25) is 14.2 Å². The highest BCUT2D eigenvalue weighted by Crippen LogP contribution is 2.35. The second-order valence-electron chi connectivity index (χ2n) is 8.23. The van der Waals surface area contributed by atoms with Gasteiger partial charge in [-0.05, 0) is 50.4 Å². The van der Waals surface area contributed by atoms with Crippen LogP contribution in [0.3, 0.4) is 0 Å². The number of likely N-dealkylation sites (N-methyl/N-ethyl adjacent to an activating group) is 1. The van der Waals surface area contributed by atoms with Crippen molar-refractivity contribution < 1.29 is 4.79 Å². The lowest BCUT2D eigenvalue weighted by molar-refractivity contribution is -0.129. The zero-order valence-corrected chi connectivity index (χ0v) is 19.3. The van der Waals surface area contributed by atoms with E-state index in [9.17, 15) is 9.59 Å². The van der Waals surface area contributed by atoms with Gasteiger partial charge >= 0.3 is 0 Å². The number of thiophene rings is 1. The number of benzene rings is 1. The predicted octanol–water partition coefficient (Wildman–Crippen LogP) is 3.19. The molecule has 0 saturated carbocycles. The first-order chi connectivity index (χ1) is 15.1. The second-order valence-corrected chi connectivity index (χ2v) is 10.3. The number of fused-ring (bicyclic) bond motifs is 3. The third kappa shape index (κ3) is 4.04. The Balaban J connectivity index is 1.52. The maximum Gasteiger partial charge on any atom is 0.267 e. The first-order valence-corrected chi connectivity index (χ1v) is 12.6. The number of carbonyl (C=O) groups excluding carboxylic acids is 1. The van der Waals surface area contributed by atoms with Gasteiger partial charge in [0.1, 0.15) is 4.83 Å². The summed E-state index contributed by atoms with van der Waals surface area (Å²) in [5, 5.41) is 1.38. The van der Waals surface area contributed by atoms with Crippen LogP contribution in [0.4, 0.5) is 0 Å². The summed E-state index contributed by atoms with van der Waals surface area (Å²) in [4.78, 5) is 37.7. The summed E-state index contributed by atoms with van der Waals surface area (Å²) in [5.74, 6) is 0.400. The lowest BCUT2D eigenvalue weighted by Gasteiger charge is -2.32. The van der Waals surface area contributed by atoms with Gasteiger partial charge in [0.05, 0.1) is 16.8 Å². The normalized spacial score (nSPS) is 17.1. The quantitative estimate of drug-likeness (QED) is 0.448. The molecule has 3 heterocycles. The van der Waals surface area contributed by atoms with Gasteiger partial charge in [0.2, 0.25) is 5.91 Å². The van der Waals surface area contributed by atoms with Crippen LogP contribution in [-0.4, -0.2) is 64.2 Å². The lowest BCUT2D eigenvalue weighted by Crippen LogP contribution is -2.47. The fourth-order valence-corrected chi connectivity index (χ4v) is 6.58. The summed E-state index contributed by atoms with van der Waals surface area (Å²) in [7, 11) is 2.08. The molecular formula is C23H26N4O2S2. The number of hydrogen-bond acceptors (Lipinski definition) is 6. The molecule has 1 saturated heterocycles. The highest BCUT2D eigenvalue weighted by atomic mass is 32.2. The zero-order chi connectivity index (χ0) is 21.4. The van der Waals surface area contributed by atoms with E-state index in [1.54, 1.807) is 15.9 Å². The Labute approximate surface area is 189 Å². The van der Waals surface area contributed by atoms with Gasteiger partial charge in [-0.25, -0.2) is 4.98 Å². The minimum absolute atomic E-state index is 0.00912. The average molecular weight is 455 g/mol. The van der Waals surface area contributed by atoms with Gasteiger partial charge in [-0.2, -0.15) is 0 Å². The van der Waals surface area contributed by atoms with Crippen LogP contribution in [-0.2, 0) is 17.6 Å². The lowest BCUT2D eigenvalue weighted by atomic mass is 9.97. The summed E-state index contributed by atoms with van der Waals surface area (Å²) in [6.07, 6.45) is 4.29. The van der Waals surface area contributed by atoms with E-state index in [0.29, 0.717) is 10.9 Å². The van der Waals surface area contributed by atoms with Gasteiger partial charge < -0.3 is 9.80 Å². The summed E-state index contributed by atoms with van der Waals surface area (Å²) >= 11 is 3.03. The van der Waals surface area contributed by atoms with Crippen molar-refractivity contribution in [3.05, 3.63) is 51.1 Å². The maximum absolute atomic E-state index is 13.7. The van der Waals surface area contributed by atoms with E-state index in [2.05, 4.69) is 11.9 Å². The summed E-state index contributed by atoms with van der Waals surface area (Å²) in [6.45, 7) is 3.31. The first-order valence-electron chi connectivity index (χ1n) is 10.8. The first kappa shape index (κ1) is 20.7. The topological polar surface area (TPSA) is 58.4 Å². The summed E-state index contributed by atoms with van der Waals surface area (Å²) < 4.78 is 1.70. The molecular weight excluding hydrogens is 428 g/mol. The number of rotatable bonds is 4. The van der Waals surface area contributed by atoms with Crippen LogP contribution >= 0.6 is 23.1 Å². The Bertz CT molecular complexity index is 1160. The SMILES string of the molecule is CN1CCN(C(=O)CSc2nc3sc4c(c3c(=O)n2-c2ccccc2)CCCC4)CC1. The van der Waals surface area contributed by atoms with Gasteiger partial charge in [0, 0.05) is 31.1 Å². The Kier molecular flexibility index (Phi) is 5.86. The van der Waals surface area contributed by atoms with Crippen molar-refractivity contribution in [2.24, 2.45) is 0 Å². The number of hydrogen-bond donors (Lipinski definition) is 0. The Morgan fingerprint density at radius 1 is 1.10 bits per heavy atom. The zero-order valence-electron chi connectivity index (χ0n) is 17.7. The van der Waals surface area contributed by atoms with Crippen molar-refractivity contribution >= 4 is 39.2 Å². The number of carbonyl (C=O) groups is 1. The van der Waals surface area contributed by atoms with Gasteiger partial charge in [0.15, 0.2) is 5.16 Å². The van der Waals surface area contributed by atoms with Crippen LogP contribution in [0.25, 0.3) is 15.9 Å². The van der Waals surface area contributed by atoms with Crippen molar-refractivity contribution in [2.45, 2.75) is 30.8 Å². The average Bonchev–Trinajstić information content (AvgIpc) is 3.17. The van der Waals surface area contributed by atoms with Gasteiger partial charge in [-0.1, -0.05) is 30.0 Å². The molecule has 1 aliphatic carbocycles. The largest absolute Gasteiger partial charge is 0.339 e. The molecule has 0 radical (unpaired) electrons. The Morgan fingerprint density at radius 3 is 2.61 bits per heavy atom. The Hall–Kier alpha value is -2.16. The molecule has 5 rings (SSSR count). The third-order valence-corrected chi connectivity index (χ3v) is 8.26. The van der Waals surface area contributed by atoms with Crippen LogP contribution in [0.2, 0.25) is 0 Å². The standard InChI is InChI=1S/C23H26N4O2S2/c1-25-11-13-26(14-12-25)19(28)15-30-23-24-21-20(17-9-5-6-10-18(17)31-21)22(29)27(23)16-7-3-2-4-8-16/h2-4,7-8H,5-6,9-15H2,1H3. The number of aryl methyl sites for hydroxylation is 2. The molecule has 0 bridgehead atoms. The molecule has 0 unspecified atom stereocenters. The summed E-state index contributed by atoms with van der Waals surface area (Å²) in [5.41, 5.74) is 1.98. The monoisotopic (exact) mass is 454 g/mol. The van der Waals surface area contributed by atoms with Crippen molar-refractivity contribution in [1.29, 1.82) is 0 Å². The van der Waals surface area contributed by atoms with Crippen molar-refractivity contribution in [3.63, 3.8) is 0 Å². The van der Waals surface area contributed by atoms with Crippen LogP contribution in [0.15, 0.2) is 40.3 Å². The predicted molar refractivity (Wildman–Crippen MR) is 127 cm³/mol. The minimum atomic E-state index is -0.00912. The third-order valence-electron chi connectivity index (χ3n) is 6.15. The molecule has 0 spiro atoms. The molecule has 6 nitrogen and oxygen atoms in total. The van der Waals surface area contributed by atoms with E-state index >= 15 is 0 Å². The molecule has 3 aromatic rings. The van der Waals surface area contributed by atoms with Crippen molar-refractivity contribution in [1.82, 2.24) is 19.4 Å². The molecule has 162 valence electrons. The second kappa shape index (κ2) is 8.76. The fraction of sp³-hybridized carbons (Fsp3) is 0.435. The number of amides is 1. The van der Waals surface area contributed by atoms with Crippen LogP contribution in [0.5, 0.6) is 0 Å². The molecule has 1 aromatic carbocycles. The number of piperazine rings is 1. The van der Waals surface area contributed by atoms with Gasteiger partial charge in [-0.15, -0.1) is 11.3 Å². The maximum atomic E-state index is 13.7. The van der Waals surface area contributed by atoms with Crippen LogP contribution < -0.4 is 5.56 Å². The molecule has 31 heavy (non-hydrogen) atoms. The van der Waals surface area contributed by atoms with Crippen LogP contribution in [0.1, 0.15) is 23.3 Å². The molecule has 1 amide bonds. The molecule has 2 aliphatic rings. The van der Waals surface area contributed by atoms with Gasteiger partial charge in [0.25, 0.3) is 5.56 Å². The van der Waals surface area contributed by atoms with Crippen LogP contribution in [0, 0.1) is 0 Å². The van der Waals surface area contributed by atoms with Crippen molar-refractivity contribution in [2.75, 3.05) is 39.0 Å². The highest BCUT2D eigenvalue weighted by molar-refractivity contribution is 7.99. The van der Waals surface area contributed by atoms with E-state index in [0.717, 1.165) is 61.3 Å². The molecule has 1 aliphatic heterocycles. The minimum Gasteiger partial charge on any atom is -0.339 e.